The van der Waals surface area contributed by atoms with E-state index in [1.807, 2.05) is 51.2 Å². The molecule has 9 heteroatoms. The van der Waals surface area contributed by atoms with Crippen molar-refractivity contribution in [2.45, 2.75) is 71.8 Å². The molecule has 0 unspecified atom stereocenters. The molecule has 1 N–H and O–H groups in total. The molecule has 0 amide bonds. The van der Waals surface area contributed by atoms with Crippen LogP contribution in [-0.2, 0) is 17.6 Å². The average Bonchev–Trinajstić information content (AvgIpc) is 3.55. The minimum Gasteiger partial charge on any atom is -0.475 e. The van der Waals surface area contributed by atoms with Gasteiger partial charge in [-0.05, 0) is 101 Å². The SMILES string of the molecule is CCCCc1c(C(=O)O)oc2ccc(N3CCN(CCCCc4cn(C(=O)OC(C)(C)C)c5ccc(C#N)cc45)CC3)cc12. The molecule has 0 radical (unpaired) electrons. The number of aromatic carboxylic acids is 1. The quantitative estimate of drug-likeness (QED) is 0.190. The Morgan fingerprint density at radius 3 is 2.45 bits per heavy atom. The first-order valence-electron chi connectivity index (χ1n) is 15.6. The standard InChI is InChI=1S/C35H42N4O5/c1-5-6-10-27-29-21-26(12-14-31(29)43-32(27)33(40)41)38-18-16-37(17-19-38)15-8-7-9-25-23-39(34(42)44-35(2,3)4)30-13-11-24(22-36)20-28(25)30/h11-14,20-21,23H,5-10,15-19H2,1-4H3,(H,40,41). The summed E-state index contributed by atoms with van der Waals surface area (Å²) in [6, 6.07) is 13.7. The molecule has 5 rings (SSSR count). The van der Waals surface area contributed by atoms with Gasteiger partial charge in [0.15, 0.2) is 0 Å². The fourth-order valence-corrected chi connectivity index (χ4v) is 6.02. The van der Waals surface area contributed by atoms with Crippen molar-refractivity contribution >= 4 is 39.6 Å². The number of nitrogens with zero attached hydrogens (tertiary/aromatic N) is 4. The van der Waals surface area contributed by atoms with Gasteiger partial charge >= 0.3 is 12.1 Å². The molecular formula is C35H42N4O5. The molecule has 3 heterocycles. The van der Waals surface area contributed by atoms with Gasteiger partial charge in [0.05, 0.1) is 17.1 Å². The van der Waals surface area contributed by atoms with Crippen LogP contribution in [0.4, 0.5) is 10.5 Å². The van der Waals surface area contributed by atoms with Crippen molar-refractivity contribution in [3.8, 4) is 6.07 Å². The van der Waals surface area contributed by atoms with Crippen LogP contribution in [0.1, 0.15) is 80.6 Å². The van der Waals surface area contributed by atoms with E-state index < -0.39 is 17.7 Å². The number of anilines is 1. The second kappa shape index (κ2) is 13.1. The lowest BCUT2D eigenvalue weighted by atomic mass is 10.0. The number of carboxylic acids is 1. The summed E-state index contributed by atoms with van der Waals surface area (Å²) < 4.78 is 12.9. The molecular weight excluding hydrogens is 556 g/mol. The number of furan rings is 1. The van der Waals surface area contributed by atoms with E-state index in [1.54, 1.807) is 10.6 Å². The lowest BCUT2D eigenvalue weighted by Crippen LogP contribution is -2.46. The maximum Gasteiger partial charge on any atom is 0.419 e. The fourth-order valence-electron chi connectivity index (χ4n) is 6.02. The summed E-state index contributed by atoms with van der Waals surface area (Å²) in [4.78, 5) is 29.5. The third-order valence-electron chi connectivity index (χ3n) is 8.26. The molecule has 0 spiro atoms. The van der Waals surface area contributed by atoms with Crippen molar-refractivity contribution in [2.24, 2.45) is 0 Å². The van der Waals surface area contributed by atoms with E-state index in [4.69, 9.17) is 9.15 Å². The van der Waals surface area contributed by atoms with Crippen LogP contribution in [0.15, 0.2) is 47.0 Å². The lowest BCUT2D eigenvalue weighted by molar-refractivity contribution is 0.0543. The Kier molecular flexibility index (Phi) is 9.31. The molecule has 0 saturated carbocycles. The average molecular weight is 599 g/mol. The first kappa shape index (κ1) is 31.1. The summed E-state index contributed by atoms with van der Waals surface area (Å²) in [7, 11) is 0. The second-order valence-corrected chi connectivity index (χ2v) is 12.6. The van der Waals surface area contributed by atoms with Crippen LogP contribution in [0.2, 0.25) is 0 Å². The number of carbonyl (C=O) groups is 2. The summed E-state index contributed by atoms with van der Waals surface area (Å²) in [6.07, 6.45) is 6.86. The predicted octanol–water partition coefficient (Wildman–Crippen LogP) is 7.23. The largest absolute Gasteiger partial charge is 0.475 e. The Hall–Kier alpha value is -4.29. The molecule has 232 valence electrons. The Labute approximate surface area is 258 Å². The first-order chi connectivity index (χ1) is 21.1. The minimum atomic E-state index is -1.01. The van der Waals surface area contributed by atoms with E-state index >= 15 is 0 Å². The molecule has 1 fully saturated rings. The number of carboxylic acid groups (broad SMARTS) is 1. The number of hydrogen-bond acceptors (Lipinski definition) is 7. The van der Waals surface area contributed by atoms with Gasteiger partial charge in [-0.25, -0.2) is 9.59 Å². The smallest absolute Gasteiger partial charge is 0.419 e. The van der Waals surface area contributed by atoms with Crippen LogP contribution < -0.4 is 4.90 Å². The minimum absolute atomic E-state index is 0.0651. The van der Waals surface area contributed by atoms with E-state index in [-0.39, 0.29) is 5.76 Å². The lowest BCUT2D eigenvalue weighted by Gasteiger charge is -2.36. The van der Waals surface area contributed by atoms with Gasteiger partial charge in [0.25, 0.3) is 0 Å². The number of aryl methyl sites for hydroxylation is 2. The fraction of sp³-hybridized carbons (Fsp3) is 0.457. The zero-order valence-electron chi connectivity index (χ0n) is 26.2. The number of hydrogen-bond donors (Lipinski definition) is 1. The highest BCUT2D eigenvalue weighted by atomic mass is 16.6. The van der Waals surface area contributed by atoms with E-state index in [9.17, 15) is 20.0 Å². The van der Waals surface area contributed by atoms with E-state index in [0.717, 1.165) is 97.9 Å². The molecule has 0 bridgehead atoms. The second-order valence-electron chi connectivity index (χ2n) is 12.6. The van der Waals surface area contributed by atoms with Crippen molar-refractivity contribution < 1.29 is 23.8 Å². The Balaban J connectivity index is 1.18. The van der Waals surface area contributed by atoms with Crippen molar-refractivity contribution in [2.75, 3.05) is 37.6 Å². The summed E-state index contributed by atoms with van der Waals surface area (Å²) >= 11 is 0. The summed E-state index contributed by atoms with van der Waals surface area (Å²) in [5, 5.41) is 20.9. The first-order valence-corrected chi connectivity index (χ1v) is 15.6. The third-order valence-corrected chi connectivity index (χ3v) is 8.26. The number of ether oxygens (including phenoxy) is 1. The molecule has 2 aromatic heterocycles. The van der Waals surface area contributed by atoms with Crippen LogP contribution in [0, 0.1) is 11.3 Å². The van der Waals surface area contributed by atoms with Crippen molar-refractivity contribution in [3.63, 3.8) is 0 Å². The van der Waals surface area contributed by atoms with Gasteiger partial charge in [-0.3, -0.25) is 9.47 Å². The number of carbonyl (C=O) groups excluding carboxylic acids is 1. The predicted molar refractivity (Wildman–Crippen MR) is 172 cm³/mol. The Bertz CT molecular complexity index is 1700. The van der Waals surface area contributed by atoms with E-state index in [1.165, 1.54) is 0 Å². The molecule has 9 nitrogen and oxygen atoms in total. The molecule has 2 aromatic carbocycles. The zero-order chi connectivity index (χ0) is 31.4. The van der Waals surface area contributed by atoms with Crippen LogP contribution in [-0.4, -0.2) is 65.0 Å². The molecule has 1 aliphatic rings. The van der Waals surface area contributed by atoms with E-state index in [2.05, 4.69) is 28.9 Å². The highest BCUT2D eigenvalue weighted by Crippen LogP contribution is 2.32. The molecule has 0 aliphatic carbocycles. The third kappa shape index (κ3) is 6.92. The van der Waals surface area contributed by atoms with Crippen LogP contribution >= 0.6 is 0 Å². The number of nitriles is 1. The normalized spacial score (nSPS) is 14.3. The zero-order valence-corrected chi connectivity index (χ0v) is 26.2. The van der Waals surface area contributed by atoms with Gasteiger partial charge in [0.2, 0.25) is 5.76 Å². The number of aromatic nitrogens is 1. The van der Waals surface area contributed by atoms with Gasteiger partial charge in [-0.2, -0.15) is 5.26 Å². The summed E-state index contributed by atoms with van der Waals surface area (Å²) in [5.74, 6) is -0.946. The van der Waals surface area contributed by atoms with Crippen molar-refractivity contribution in [3.05, 3.63) is 65.0 Å². The van der Waals surface area contributed by atoms with Gasteiger partial charge in [0, 0.05) is 54.4 Å². The maximum absolute atomic E-state index is 12.9. The molecule has 0 atom stereocenters. The van der Waals surface area contributed by atoms with E-state index in [0.29, 0.717) is 17.6 Å². The number of unbranched alkanes of at least 4 members (excludes halogenated alkanes) is 2. The number of rotatable bonds is 10. The van der Waals surface area contributed by atoms with Gasteiger partial charge in [-0.15, -0.1) is 0 Å². The monoisotopic (exact) mass is 598 g/mol. The van der Waals surface area contributed by atoms with Gasteiger partial charge < -0.3 is 19.2 Å². The number of piperazine rings is 1. The molecule has 4 aromatic rings. The Morgan fingerprint density at radius 2 is 1.77 bits per heavy atom. The number of fused-ring (bicyclic) bond motifs is 2. The van der Waals surface area contributed by atoms with Gasteiger partial charge in [-0.1, -0.05) is 13.3 Å². The van der Waals surface area contributed by atoms with Gasteiger partial charge in [0.1, 0.15) is 11.2 Å². The van der Waals surface area contributed by atoms with Crippen LogP contribution in [0.25, 0.3) is 21.9 Å². The maximum atomic E-state index is 12.9. The van der Waals surface area contributed by atoms with Crippen LogP contribution in [0.3, 0.4) is 0 Å². The highest BCUT2D eigenvalue weighted by Gasteiger charge is 2.23. The molecule has 1 aliphatic heterocycles. The topological polar surface area (TPSA) is 112 Å². The van der Waals surface area contributed by atoms with Crippen molar-refractivity contribution in [1.82, 2.24) is 9.47 Å². The summed E-state index contributed by atoms with van der Waals surface area (Å²) in [5.41, 5.74) is 4.32. The van der Waals surface area contributed by atoms with Crippen molar-refractivity contribution in [1.29, 1.82) is 5.26 Å². The summed E-state index contributed by atoms with van der Waals surface area (Å²) in [6.45, 7) is 12.4. The Morgan fingerprint density at radius 1 is 1.00 bits per heavy atom. The molecule has 1 saturated heterocycles. The molecule has 44 heavy (non-hydrogen) atoms. The highest BCUT2D eigenvalue weighted by molar-refractivity contribution is 5.96. The van der Waals surface area contributed by atoms with Crippen LogP contribution in [0.5, 0.6) is 0 Å². The number of benzene rings is 2.